The SMILES string of the molecule is O=C(/C=C/c1ccco1)NCCc1c[nH]c2ccccc12. The number of furan rings is 1. The van der Waals surface area contributed by atoms with Crippen LogP contribution in [-0.4, -0.2) is 17.4 Å². The summed E-state index contributed by atoms with van der Waals surface area (Å²) in [5.74, 6) is 0.549. The molecule has 2 aromatic heterocycles. The predicted octanol–water partition coefficient (Wildman–Crippen LogP) is 3.13. The Balaban J connectivity index is 1.53. The Morgan fingerprint density at radius 3 is 3.00 bits per heavy atom. The second-order valence-electron chi connectivity index (χ2n) is 4.75. The van der Waals surface area contributed by atoms with E-state index in [9.17, 15) is 4.79 Å². The highest BCUT2D eigenvalue weighted by molar-refractivity contribution is 5.91. The monoisotopic (exact) mass is 280 g/mol. The largest absolute Gasteiger partial charge is 0.465 e. The summed E-state index contributed by atoms with van der Waals surface area (Å²) in [6.45, 7) is 0.600. The fraction of sp³-hybridized carbons (Fsp3) is 0.118. The number of aromatic amines is 1. The molecule has 3 aromatic rings. The van der Waals surface area contributed by atoms with E-state index in [0.29, 0.717) is 12.3 Å². The third kappa shape index (κ3) is 3.23. The number of amides is 1. The number of hydrogen-bond acceptors (Lipinski definition) is 2. The zero-order valence-corrected chi connectivity index (χ0v) is 11.5. The maximum atomic E-state index is 11.7. The number of hydrogen-bond donors (Lipinski definition) is 2. The van der Waals surface area contributed by atoms with Crippen LogP contribution in [0.5, 0.6) is 0 Å². The van der Waals surface area contributed by atoms with Crippen molar-refractivity contribution in [2.45, 2.75) is 6.42 Å². The molecule has 1 aromatic carbocycles. The van der Waals surface area contributed by atoms with Crippen molar-refractivity contribution in [1.82, 2.24) is 10.3 Å². The van der Waals surface area contributed by atoms with Crippen LogP contribution in [0.1, 0.15) is 11.3 Å². The van der Waals surface area contributed by atoms with Crippen LogP contribution in [0.15, 0.2) is 59.4 Å². The van der Waals surface area contributed by atoms with Crippen molar-refractivity contribution in [2.24, 2.45) is 0 Å². The Hall–Kier alpha value is -2.75. The number of aromatic nitrogens is 1. The van der Waals surface area contributed by atoms with Crippen molar-refractivity contribution >= 4 is 22.9 Å². The highest BCUT2D eigenvalue weighted by atomic mass is 16.3. The van der Waals surface area contributed by atoms with E-state index in [2.05, 4.69) is 16.4 Å². The van der Waals surface area contributed by atoms with Crippen molar-refractivity contribution in [3.8, 4) is 0 Å². The van der Waals surface area contributed by atoms with Gasteiger partial charge in [-0.15, -0.1) is 0 Å². The van der Waals surface area contributed by atoms with Gasteiger partial charge in [-0.1, -0.05) is 18.2 Å². The molecule has 0 aliphatic rings. The van der Waals surface area contributed by atoms with E-state index in [4.69, 9.17) is 4.42 Å². The molecule has 21 heavy (non-hydrogen) atoms. The van der Waals surface area contributed by atoms with E-state index in [1.54, 1.807) is 24.5 Å². The average Bonchev–Trinajstić information content (AvgIpc) is 3.15. The lowest BCUT2D eigenvalue weighted by Gasteiger charge is -2.01. The van der Waals surface area contributed by atoms with Gasteiger partial charge in [-0.2, -0.15) is 0 Å². The van der Waals surface area contributed by atoms with Gasteiger partial charge in [-0.3, -0.25) is 4.79 Å². The third-order valence-corrected chi connectivity index (χ3v) is 3.31. The average molecular weight is 280 g/mol. The molecule has 0 saturated heterocycles. The molecule has 0 bridgehead atoms. The normalized spacial score (nSPS) is 11.2. The van der Waals surface area contributed by atoms with E-state index >= 15 is 0 Å². The van der Waals surface area contributed by atoms with Crippen LogP contribution < -0.4 is 5.32 Å². The maximum Gasteiger partial charge on any atom is 0.244 e. The highest BCUT2D eigenvalue weighted by Crippen LogP contribution is 2.17. The van der Waals surface area contributed by atoms with Crippen LogP contribution in [0.2, 0.25) is 0 Å². The van der Waals surface area contributed by atoms with E-state index in [1.807, 2.05) is 24.4 Å². The van der Waals surface area contributed by atoms with Gasteiger partial charge in [0.1, 0.15) is 5.76 Å². The van der Waals surface area contributed by atoms with Crippen molar-refractivity contribution in [3.63, 3.8) is 0 Å². The van der Waals surface area contributed by atoms with Crippen LogP contribution in [0.3, 0.4) is 0 Å². The summed E-state index contributed by atoms with van der Waals surface area (Å²) in [4.78, 5) is 14.9. The van der Waals surface area contributed by atoms with Crippen molar-refractivity contribution in [3.05, 3.63) is 66.3 Å². The molecule has 3 rings (SSSR count). The van der Waals surface area contributed by atoms with Crippen LogP contribution in [0, 0.1) is 0 Å². The van der Waals surface area contributed by atoms with E-state index in [0.717, 1.165) is 11.9 Å². The first kappa shape index (κ1) is 13.2. The molecular weight excluding hydrogens is 264 g/mol. The highest BCUT2D eigenvalue weighted by Gasteiger charge is 2.03. The molecule has 0 fully saturated rings. The summed E-state index contributed by atoms with van der Waals surface area (Å²) < 4.78 is 5.12. The quantitative estimate of drug-likeness (QED) is 0.705. The molecular formula is C17H16N2O2. The Bertz CT molecular complexity index is 754. The molecule has 4 nitrogen and oxygen atoms in total. The number of nitrogens with one attached hydrogen (secondary N) is 2. The number of rotatable bonds is 5. The van der Waals surface area contributed by atoms with Gasteiger partial charge in [0.25, 0.3) is 0 Å². The first-order chi connectivity index (χ1) is 10.3. The van der Waals surface area contributed by atoms with E-state index in [1.165, 1.54) is 17.0 Å². The van der Waals surface area contributed by atoms with Gasteiger partial charge in [0.05, 0.1) is 6.26 Å². The van der Waals surface area contributed by atoms with Gasteiger partial charge >= 0.3 is 0 Å². The molecule has 0 aliphatic carbocycles. The molecule has 2 N–H and O–H groups in total. The minimum Gasteiger partial charge on any atom is -0.465 e. The number of benzene rings is 1. The zero-order valence-electron chi connectivity index (χ0n) is 11.5. The lowest BCUT2D eigenvalue weighted by molar-refractivity contribution is -0.116. The fourth-order valence-electron chi connectivity index (χ4n) is 2.26. The number of H-pyrrole nitrogens is 1. The minimum absolute atomic E-state index is 0.119. The zero-order chi connectivity index (χ0) is 14.5. The second-order valence-corrected chi connectivity index (χ2v) is 4.75. The van der Waals surface area contributed by atoms with Gasteiger partial charge in [-0.25, -0.2) is 0 Å². The molecule has 0 spiro atoms. The molecule has 0 aliphatic heterocycles. The standard InChI is InChI=1S/C17H16N2O2/c20-17(8-7-14-4-3-11-21-14)18-10-9-13-12-19-16-6-2-1-5-15(13)16/h1-8,11-12,19H,9-10H2,(H,18,20)/b8-7+. The molecule has 0 saturated carbocycles. The topological polar surface area (TPSA) is 58.0 Å². The van der Waals surface area contributed by atoms with Gasteiger partial charge in [0.2, 0.25) is 5.91 Å². The van der Waals surface area contributed by atoms with Crippen molar-refractivity contribution in [1.29, 1.82) is 0 Å². The number of carbonyl (C=O) groups is 1. The molecule has 4 heteroatoms. The molecule has 1 amide bonds. The number of fused-ring (bicyclic) bond motifs is 1. The fourth-order valence-corrected chi connectivity index (χ4v) is 2.26. The van der Waals surface area contributed by atoms with Crippen LogP contribution in [0.25, 0.3) is 17.0 Å². The first-order valence-electron chi connectivity index (χ1n) is 6.87. The van der Waals surface area contributed by atoms with E-state index < -0.39 is 0 Å². The summed E-state index contributed by atoms with van der Waals surface area (Å²) >= 11 is 0. The molecule has 0 radical (unpaired) electrons. The summed E-state index contributed by atoms with van der Waals surface area (Å²) in [5.41, 5.74) is 2.33. The maximum absolute atomic E-state index is 11.7. The van der Waals surface area contributed by atoms with Gasteiger partial charge in [0.15, 0.2) is 0 Å². The number of carbonyl (C=O) groups excluding carboxylic acids is 1. The van der Waals surface area contributed by atoms with Gasteiger partial charge in [-0.05, 0) is 36.3 Å². The van der Waals surface area contributed by atoms with Crippen LogP contribution >= 0.6 is 0 Å². The summed E-state index contributed by atoms with van der Waals surface area (Å²) in [6.07, 6.45) is 7.50. The lowest BCUT2D eigenvalue weighted by Crippen LogP contribution is -2.23. The Kier molecular flexibility index (Phi) is 3.87. The molecule has 106 valence electrons. The Labute approximate surface area is 122 Å². The van der Waals surface area contributed by atoms with Crippen molar-refractivity contribution < 1.29 is 9.21 Å². The Morgan fingerprint density at radius 2 is 2.14 bits per heavy atom. The number of para-hydroxylation sites is 1. The first-order valence-corrected chi connectivity index (χ1v) is 6.87. The Morgan fingerprint density at radius 1 is 1.24 bits per heavy atom. The molecule has 0 unspecified atom stereocenters. The van der Waals surface area contributed by atoms with Gasteiger partial charge in [0, 0.05) is 29.7 Å². The van der Waals surface area contributed by atoms with Gasteiger partial charge < -0.3 is 14.7 Å². The van der Waals surface area contributed by atoms with E-state index in [-0.39, 0.29) is 5.91 Å². The lowest BCUT2D eigenvalue weighted by atomic mass is 10.1. The summed E-state index contributed by atoms with van der Waals surface area (Å²) in [7, 11) is 0. The van der Waals surface area contributed by atoms with Crippen LogP contribution in [0.4, 0.5) is 0 Å². The minimum atomic E-state index is -0.119. The smallest absolute Gasteiger partial charge is 0.244 e. The van der Waals surface area contributed by atoms with Crippen LogP contribution in [-0.2, 0) is 11.2 Å². The predicted molar refractivity (Wildman–Crippen MR) is 82.8 cm³/mol. The molecule has 0 atom stereocenters. The summed E-state index contributed by atoms with van der Waals surface area (Å²) in [5, 5.41) is 4.07. The second kappa shape index (κ2) is 6.13. The third-order valence-electron chi connectivity index (χ3n) is 3.31. The molecule has 2 heterocycles. The van der Waals surface area contributed by atoms with Crippen molar-refractivity contribution in [2.75, 3.05) is 6.54 Å². The summed E-state index contributed by atoms with van der Waals surface area (Å²) in [6, 6.07) is 11.7.